The molecule has 0 radical (unpaired) electrons. The molecule has 0 bridgehead atoms. The number of amides is 2. The molecule has 1 aromatic rings. The molecule has 2 fully saturated rings. The van der Waals surface area contributed by atoms with E-state index in [0.29, 0.717) is 45.8 Å². The molecule has 1 saturated carbocycles. The molecule has 1 unspecified atom stereocenters. The Balaban J connectivity index is 1.72. The van der Waals surface area contributed by atoms with E-state index in [9.17, 15) is 24.9 Å². The van der Waals surface area contributed by atoms with Crippen molar-refractivity contribution in [3.05, 3.63) is 32.9 Å². The van der Waals surface area contributed by atoms with Crippen LogP contribution in [0, 0.1) is 9.49 Å². The fraction of sp³-hybridized carbons (Fsp3) is 0.655. The predicted octanol–water partition coefficient (Wildman–Crippen LogP) is 2.30. The van der Waals surface area contributed by atoms with Gasteiger partial charge in [-0.2, -0.15) is 0 Å². The van der Waals surface area contributed by atoms with Gasteiger partial charge in [0.25, 0.3) is 0 Å². The van der Waals surface area contributed by atoms with Gasteiger partial charge in [-0.25, -0.2) is 0 Å². The molecule has 1 aromatic carbocycles. The lowest BCUT2D eigenvalue weighted by atomic mass is 9.85. The van der Waals surface area contributed by atoms with Crippen LogP contribution < -0.4 is 14.8 Å². The van der Waals surface area contributed by atoms with Crippen LogP contribution >= 0.6 is 22.6 Å². The maximum atomic E-state index is 14.0. The summed E-state index contributed by atoms with van der Waals surface area (Å²) in [5.74, 6) is 0.0927. The normalized spacial score (nSPS) is 25.6. The third-order valence-corrected chi connectivity index (χ3v) is 8.85. The van der Waals surface area contributed by atoms with E-state index >= 15 is 0 Å². The number of hydrogen-bond acceptors (Lipinski definition) is 8. The van der Waals surface area contributed by atoms with Crippen molar-refractivity contribution in [2.75, 3.05) is 33.5 Å². The van der Waals surface area contributed by atoms with Gasteiger partial charge in [0.2, 0.25) is 11.8 Å². The number of benzene rings is 1. The Kier molecular flexibility index (Phi) is 11.5. The predicted molar refractivity (Wildman–Crippen MR) is 156 cm³/mol. The van der Waals surface area contributed by atoms with Crippen LogP contribution in [0.1, 0.15) is 56.9 Å². The first-order valence-electron chi connectivity index (χ1n) is 14.2. The summed E-state index contributed by atoms with van der Waals surface area (Å²) in [5.41, 5.74) is 1.04. The maximum Gasteiger partial charge on any atom is 0.247 e. The van der Waals surface area contributed by atoms with Crippen molar-refractivity contribution in [2.45, 2.75) is 82.3 Å². The maximum absolute atomic E-state index is 14.0. The second-order valence-electron chi connectivity index (χ2n) is 10.7. The topological polar surface area (TPSA) is 138 Å². The van der Waals surface area contributed by atoms with Crippen molar-refractivity contribution in [3.8, 4) is 11.5 Å². The Morgan fingerprint density at radius 2 is 1.90 bits per heavy atom. The first-order valence-corrected chi connectivity index (χ1v) is 15.3. The molecule has 4 N–H and O–H groups in total. The monoisotopic (exact) mass is 672 g/mol. The zero-order valence-corrected chi connectivity index (χ0v) is 25.2. The number of carbonyl (C=O) groups is 2. The molecule has 1 saturated heterocycles. The van der Waals surface area contributed by atoms with Gasteiger partial charge in [0.1, 0.15) is 12.2 Å². The Labute approximate surface area is 249 Å². The van der Waals surface area contributed by atoms with E-state index in [1.165, 1.54) is 7.11 Å². The number of carbonyl (C=O) groups excluding carboxylic acids is 2. The van der Waals surface area contributed by atoms with E-state index in [0.717, 1.165) is 38.5 Å². The summed E-state index contributed by atoms with van der Waals surface area (Å²) in [6.07, 6.45) is 6.28. The van der Waals surface area contributed by atoms with E-state index in [4.69, 9.17) is 14.2 Å². The van der Waals surface area contributed by atoms with Crippen molar-refractivity contribution < 1.29 is 39.1 Å². The quantitative estimate of drug-likeness (QED) is 0.220. The molecule has 4 atom stereocenters. The Hall–Kier alpha value is -1.93. The number of aliphatic hydroxyl groups is 3. The summed E-state index contributed by atoms with van der Waals surface area (Å²) in [5, 5.41) is 33.4. The van der Waals surface area contributed by atoms with Crippen molar-refractivity contribution in [3.63, 3.8) is 0 Å². The molecule has 0 spiro atoms. The van der Waals surface area contributed by atoms with Gasteiger partial charge in [-0.3, -0.25) is 9.59 Å². The molecular weight excluding hydrogens is 631 g/mol. The fourth-order valence-corrected chi connectivity index (χ4v) is 6.75. The lowest BCUT2D eigenvalue weighted by Crippen LogP contribution is -2.59. The van der Waals surface area contributed by atoms with Gasteiger partial charge in [-0.1, -0.05) is 25.7 Å². The van der Waals surface area contributed by atoms with Crippen molar-refractivity contribution in [1.82, 2.24) is 10.2 Å². The largest absolute Gasteiger partial charge is 0.493 e. The van der Waals surface area contributed by atoms with Crippen LogP contribution in [0.5, 0.6) is 11.5 Å². The summed E-state index contributed by atoms with van der Waals surface area (Å²) in [7, 11) is 1.50. The molecule has 2 amide bonds. The van der Waals surface area contributed by atoms with E-state index in [1.54, 1.807) is 18.2 Å². The summed E-state index contributed by atoms with van der Waals surface area (Å²) in [4.78, 5) is 29.0. The van der Waals surface area contributed by atoms with Gasteiger partial charge in [0.05, 0.1) is 42.5 Å². The second kappa shape index (κ2) is 14.8. The average Bonchev–Trinajstić information content (AvgIpc) is 3.38. The Morgan fingerprint density at radius 3 is 2.52 bits per heavy atom. The number of ether oxygens (including phenoxy) is 3. The van der Waals surface area contributed by atoms with Crippen molar-refractivity contribution >= 4 is 34.4 Å². The van der Waals surface area contributed by atoms with Crippen molar-refractivity contribution in [2.24, 2.45) is 5.92 Å². The molecule has 222 valence electrons. The smallest absolute Gasteiger partial charge is 0.247 e. The number of halogens is 1. The SMILES string of the molecule is COc1cc(CO)cc(I)c1O[C@H]1C=C(C(=O)NCCO)C[C@@H](N(C(=O)C2CCOC2)C2CCCCCC2)[C@@H]1O. The van der Waals surface area contributed by atoms with Crippen LogP contribution in [-0.2, 0) is 20.9 Å². The number of nitrogens with zero attached hydrogens (tertiary/aromatic N) is 1. The number of hydrogen-bond donors (Lipinski definition) is 4. The molecule has 40 heavy (non-hydrogen) atoms. The average molecular weight is 673 g/mol. The molecule has 2 aliphatic carbocycles. The highest BCUT2D eigenvalue weighted by atomic mass is 127. The summed E-state index contributed by atoms with van der Waals surface area (Å²) >= 11 is 2.09. The van der Waals surface area contributed by atoms with E-state index in [-0.39, 0.29) is 50.0 Å². The van der Waals surface area contributed by atoms with Crippen LogP contribution in [-0.4, -0.2) is 89.8 Å². The number of nitrogens with one attached hydrogen (secondary N) is 1. The van der Waals surface area contributed by atoms with Crippen LogP contribution in [0.4, 0.5) is 0 Å². The first-order chi connectivity index (χ1) is 19.4. The van der Waals surface area contributed by atoms with Crippen molar-refractivity contribution in [1.29, 1.82) is 0 Å². The second-order valence-corrected chi connectivity index (χ2v) is 11.9. The van der Waals surface area contributed by atoms with E-state index < -0.39 is 18.2 Å². The Morgan fingerprint density at radius 1 is 1.15 bits per heavy atom. The number of rotatable bonds is 10. The highest BCUT2D eigenvalue weighted by molar-refractivity contribution is 14.1. The molecule has 11 heteroatoms. The van der Waals surface area contributed by atoms with Gasteiger partial charge in [0, 0.05) is 31.2 Å². The highest BCUT2D eigenvalue weighted by Crippen LogP contribution is 2.38. The third kappa shape index (κ3) is 7.28. The molecule has 1 heterocycles. The van der Waals surface area contributed by atoms with Crippen LogP contribution in [0.3, 0.4) is 0 Å². The number of aliphatic hydroxyl groups excluding tert-OH is 3. The van der Waals surface area contributed by atoms with Gasteiger partial charge in [-0.05, 0) is 65.6 Å². The summed E-state index contributed by atoms with van der Waals surface area (Å²) in [6.45, 7) is 0.612. The van der Waals surface area contributed by atoms with E-state index in [2.05, 4.69) is 27.9 Å². The van der Waals surface area contributed by atoms with Crippen LogP contribution in [0.2, 0.25) is 0 Å². The van der Waals surface area contributed by atoms with E-state index in [1.807, 2.05) is 4.90 Å². The molecular formula is C29H41IN2O8. The summed E-state index contributed by atoms with van der Waals surface area (Å²) < 4.78 is 18.1. The minimum atomic E-state index is -1.11. The van der Waals surface area contributed by atoms with Gasteiger partial charge < -0.3 is 39.7 Å². The lowest BCUT2D eigenvalue weighted by molar-refractivity contribution is -0.147. The zero-order chi connectivity index (χ0) is 28.6. The lowest BCUT2D eigenvalue weighted by Gasteiger charge is -2.45. The van der Waals surface area contributed by atoms with Gasteiger partial charge in [0.15, 0.2) is 11.5 Å². The van der Waals surface area contributed by atoms with Crippen LogP contribution in [0.25, 0.3) is 0 Å². The van der Waals surface area contributed by atoms with Crippen LogP contribution in [0.15, 0.2) is 23.8 Å². The first kappa shape index (κ1) is 31.0. The van der Waals surface area contributed by atoms with Gasteiger partial charge >= 0.3 is 0 Å². The molecule has 1 aliphatic heterocycles. The zero-order valence-electron chi connectivity index (χ0n) is 23.0. The molecule has 3 aliphatic rings. The third-order valence-electron chi connectivity index (χ3n) is 8.05. The Bertz CT molecular complexity index is 1050. The molecule has 4 rings (SSSR count). The van der Waals surface area contributed by atoms with Gasteiger partial charge in [-0.15, -0.1) is 0 Å². The standard InChI is InChI=1S/C29H41IN2O8/c1-38-25-13-18(16-34)12-22(30)27(25)40-24-15-20(28(36)31-9-10-33)14-23(26(24)35)32(21-6-4-2-3-5-7-21)29(37)19-8-11-39-17-19/h12-13,15,19,21,23-24,26,33-35H,2-11,14,16-17H2,1H3,(H,31,36)/t19?,23-,24+,26+/m1/s1. The minimum absolute atomic E-state index is 0.0383. The number of methoxy groups -OCH3 is 1. The highest BCUT2D eigenvalue weighted by Gasteiger charge is 2.45. The minimum Gasteiger partial charge on any atom is -0.493 e. The molecule has 10 nitrogen and oxygen atoms in total. The fourth-order valence-electron chi connectivity index (χ4n) is 5.95. The summed E-state index contributed by atoms with van der Waals surface area (Å²) in [6, 6.07) is 2.71. The molecule has 0 aromatic heterocycles.